The van der Waals surface area contributed by atoms with Crippen LogP contribution in [0.1, 0.15) is 10.4 Å². The van der Waals surface area contributed by atoms with E-state index in [1.807, 2.05) is 0 Å². The number of benzene rings is 3. The molecule has 0 saturated heterocycles. The van der Waals surface area contributed by atoms with Crippen LogP contribution in [0.25, 0.3) is 0 Å². The van der Waals surface area contributed by atoms with Crippen LogP contribution in [0.3, 0.4) is 0 Å². The fourth-order valence-corrected chi connectivity index (χ4v) is 4.80. The van der Waals surface area contributed by atoms with Crippen molar-refractivity contribution < 1.29 is 22.7 Å². The van der Waals surface area contributed by atoms with Gasteiger partial charge in [0.1, 0.15) is 6.54 Å². The van der Waals surface area contributed by atoms with E-state index in [2.05, 4.69) is 10.1 Å². The van der Waals surface area contributed by atoms with Crippen molar-refractivity contribution in [2.45, 2.75) is 4.90 Å². The number of carbonyl (C=O) groups is 2. The number of halogens is 3. The number of ether oxygens (including phenoxy) is 1. The van der Waals surface area contributed by atoms with E-state index in [9.17, 15) is 18.0 Å². The Labute approximate surface area is 205 Å². The number of amides is 1. The lowest BCUT2D eigenvalue weighted by atomic mass is 10.2. The molecule has 3 aromatic carbocycles. The van der Waals surface area contributed by atoms with Gasteiger partial charge in [0.25, 0.3) is 10.0 Å². The van der Waals surface area contributed by atoms with Crippen molar-refractivity contribution in [1.82, 2.24) is 0 Å². The minimum atomic E-state index is -4.13. The molecule has 172 valence electrons. The summed E-state index contributed by atoms with van der Waals surface area (Å²) in [7, 11) is -2.93. The third kappa shape index (κ3) is 5.78. The summed E-state index contributed by atoms with van der Waals surface area (Å²) in [5.74, 6) is -1.35. The number of esters is 1. The number of nitrogens with zero attached hydrogens (tertiary/aromatic N) is 1. The van der Waals surface area contributed by atoms with Crippen molar-refractivity contribution in [1.29, 1.82) is 0 Å². The van der Waals surface area contributed by atoms with Crippen LogP contribution in [0.5, 0.6) is 0 Å². The second-order valence-electron chi connectivity index (χ2n) is 6.66. The summed E-state index contributed by atoms with van der Waals surface area (Å²) in [6, 6.07) is 16.1. The molecule has 0 aliphatic carbocycles. The zero-order chi connectivity index (χ0) is 24.2. The van der Waals surface area contributed by atoms with Gasteiger partial charge < -0.3 is 10.1 Å². The zero-order valence-corrected chi connectivity index (χ0v) is 20.2. The lowest BCUT2D eigenvalue weighted by Crippen LogP contribution is -2.38. The number of hydrogen-bond acceptors (Lipinski definition) is 5. The Morgan fingerprint density at radius 1 is 0.909 bits per heavy atom. The molecule has 3 rings (SSSR count). The molecule has 0 bridgehead atoms. The Kier molecular flexibility index (Phi) is 7.86. The van der Waals surface area contributed by atoms with Crippen LogP contribution in [0.4, 0.5) is 11.4 Å². The molecule has 7 nitrogen and oxygen atoms in total. The lowest BCUT2D eigenvalue weighted by molar-refractivity contribution is -0.114. The molecule has 0 aromatic heterocycles. The van der Waals surface area contributed by atoms with Gasteiger partial charge in [0.05, 0.1) is 38.3 Å². The fraction of sp³-hybridized carbons (Fsp3) is 0.0909. The smallest absolute Gasteiger partial charge is 0.339 e. The number of methoxy groups -OCH3 is 1. The molecule has 33 heavy (non-hydrogen) atoms. The first-order chi connectivity index (χ1) is 15.6. The normalized spacial score (nSPS) is 11.0. The summed E-state index contributed by atoms with van der Waals surface area (Å²) in [5.41, 5.74) is 0.431. The van der Waals surface area contributed by atoms with Crippen molar-refractivity contribution in [3.8, 4) is 0 Å². The van der Waals surface area contributed by atoms with Crippen LogP contribution in [0.2, 0.25) is 15.1 Å². The highest BCUT2D eigenvalue weighted by Gasteiger charge is 2.28. The summed E-state index contributed by atoms with van der Waals surface area (Å²) in [6.45, 7) is -0.578. The third-order valence-corrected chi connectivity index (χ3v) is 7.32. The van der Waals surface area contributed by atoms with E-state index in [1.165, 1.54) is 55.6 Å². The van der Waals surface area contributed by atoms with Crippen molar-refractivity contribution in [3.63, 3.8) is 0 Å². The summed E-state index contributed by atoms with van der Waals surface area (Å²) >= 11 is 18.1. The molecule has 11 heteroatoms. The first kappa shape index (κ1) is 24.9. The second-order valence-corrected chi connectivity index (χ2v) is 9.74. The molecule has 0 aliphatic heterocycles. The average molecular weight is 528 g/mol. The molecule has 1 N–H and O–H groups in total. The fourth-order valence-electron chi connectivity index (χ4n) is 2.88. The minimum Gasteiger partial charge on any atom is -0.465 e. The van der Waals surface area contributed by atoms with E-state index >= 15 is 0 Å². The summed E-state index contributed by atoms with van der Waals surface area (Å²) in [6.07, 6.45) is 0. The predicted octanol–water partition coefficient (Wildman–Crippen LogP) is 5.27. The maximum absolute atomic E-state index is 13.3. The van der Waals surface area contributed by atoms with E-state index < -0.39 is 28.4 Å². The number of anilines is 2. The third-order valence-electron chi connectivity index (χ3n) is 4.47. The second kappa shape index (κ2) is 10.4. The Morgan fingerprint density at radius 2 is 1.58 bits per heavy atom. The van der Waals surface area contributed by atoms with E-state index in [0.29, 0.717) is 0 Å². The highest BCUT2D eigenvalue weighted by molar-refractivity contribution is 7.92. The number of nitrogens with one attached hydrogen (secondary N) is 1. The van der Waals surface area contributed by atoms with Gasteiger partial charge in [-0.15, -0.1) is 0 Å². The van der Waals surface area contributed by atoms with Crippen LogP contribution in [-0.4, -0.2) is 33.9 Å². The van der Waals surface area contributed by atoms with Crippen molar-refractivity contribution in [2.24, 2.45) is 0 Å². The molecular formula is C22H17Cl3N2O5S. The van der Waals surface area contributed by atoms with Gasteiger partial charge in [-0.3, -0.25) is 9.10 Å². The molecule has 0 spiro atoms. The quantitative estimate of drug-likeness (QED) is 0.423. The van der Waals surface area contributed by atoms with Crippen LogP contribution in [0.15, 0.2) is 71.6 Å². The maximum atomic E-state index is 13.3. The van der Waals surface area contributed by atoms with Gasteiger partial charge in [-0.25, -0.2) is 13.2 Å². The number of hydrogen-bond donors (Lipinski definition) is 1. The Bertz CT molecular complexity index is 1300. The van der Waals surface area contributed by atoms with Gasteiger partial charge in [0.15, 0.2) is 0 Å². The number of carbonyl (C=O) groups excluding carboxylic acids is 2. The molecule has 0 fully saturated rings. The molecule has 0 unspecified atom stereocenters. The van der Waals surface area contributed by atoms with E-state index in [4.69, 9.17) is 34.8 Å². The van der Waals surface area contributed by atoms with Crippen LogP contribution >= 0.6 is 34.8 Å². The zero-order valence-electron chi connectivity index (χ0n) is 17.1. The van der Waals surface area contributed by atoms with Gasteiger partial charge in [-0.05, 0) is 48.5 Å². The Hall–Kier alpha value is -2.78. The number of sulfonamides is 1. The van der Waals surface area contributed by atoms with Gasteiger partial charge in [0, 0.05) is 5.69 Å². The topological polar surface area (TPSA) is 92.8 Å². The minimum absolute atomic E-state index is 0.0108. The summed E-state index contributed by atoms with van der Waals surface area (Å²) in [4.78, 5) is 24.7. The highest BCUT2D eigenvalue weighted by Crippen LogP contribution is 2.30. The Balaban J connectivity index is 1.94. The highest BCUT2D eigenvalue weighted by atomic mass is 35.5. The van der Waals surface area contributed by atoms with Crippen LogP contribution < -0.4 is 9.62 Å². The molecule has 0 heterocycles. The van der Waals surface area contributed by atoms with E-state index in [1.54, 1.807) is 18.2 Å². The predicted molar refractivity (Wildman–Crippen MR) is 129 cm³/mol. The first-order valence-electron chi connectivity index (χ1n) is 9.34. The summed E-state index contributed by atoms with van der Waals surface area (Å²) in [5, 5.41) is 3.07. The van der Waals surface area contributed by atoms with Crippen LogP contribution in [0, 0.1) is 0 Å². The molecular weight excluding hydrogens is 511 g/mol. The standard InChI is InChI=1S/C22H17Cl3N2O5S/c1-32-22(29)17-11-14(7-9-18(17)23)26-21(28)13-27(15-8-10-19(24)20(25)12-15)33(30,31)16-5-3-2-4-6-16/h2-12H,13H2,1H3,(H,26,28). The molecule has 0 aliphatic rings. The van der Waals surface area contributed by atoms with Gasteiger partial charge in [-0.1, -0.05) is 53.0 Å². The number of rotatable bonds is 7. The van der Waals surface area contributed by atoms with Gasteiger partial charge in [0.2, 0.25) is 5.91 Å². The summed E-state index contributed by atoms with van der Waals surface area (Å²) < 4.78 is 32.3. The monoisotopic (exact) mass is 526 g/mol. The van der Waals surface area contributed by atoms with E-state index in [0.717, 1.165) is 4.31 Å². The van der Waals surface area contributed by atoms with Crippen LogP contribution in [-0.2, 0) is 19.6 Å². The SMILES string of the molecule is COC(=O)c1cc(NC(=O)CN(c2ccc(Cl)c(Cl)c2)S(=O)(=O)c2ccccc2)ccc1Cl. The molecule has 0 saturated carbocycles. The Morgan fingerprint density at radius 3 is 2.21 bits per heavy atom. The molecule has 0 radical (unpaired) electrons. The van der Waals surface area contributed by atoms with Crippen molar-refractivity contribution in [2.75, 3.05) is 23.3 Å². The average Bonchev–Trinajstić information content (AvgIpc) is 2.80. The van der Waals surface area contributed by atoms with E-state index in [-0.39, 0.29) is 36.9 Å². The van der Waals surface area contributed by atoms with Gasteiger partial charge >= 0.3 is 5.97 Å². The largest absolute Gasteiger partial charge is 0.465 e. The maximum Gasteiger partial charge on any atom is 0.339 e. The first-order valence-corrected chi connectivity index (χ1v) is 11.9. The van der Waals surface area contributed by atoms with Gasteiger partial charge in [-0.2, -0.15) is 0 Å². The molecule has 1 amide bonds. The van der Waals surface area contributed by atoms with Crippen molar-refractivity contribution in [3.05, 3.63) is 87.4 Å². The molecule has 3 aromatic rings. The lowest BCUT2D eigenvalue weighted by Gasteiger charge is -2.24. The van der Waals surface area contributed by atoms with Crippen molar-refractivity contribution >= 4 is 68.1 Å². The molecule has 0 atom stereocenters.